The van der Waals surface area contributed by atoms with Gasteiger partial charge in [0.1, 0.15) is 11.6 Å². The third-order valence-corrected chi connectivity index (χ3v) is 3.63. The summed E-state index contributed by atoms with van der Waals surface area (Å²) < 4.78 is 18.5. The van der Waals surface area contributed by atoms with E-state index in [9.17, 15) is 9.18 Å². The Hall–Kier alpha value is -1.62. The predicted molar refractivity (Wildman–Crippen MR) is 76.2 cm³/mol. The molecule has 1 fully saturated rings. The molecule has 1 aromatic carbocycles. The topological polar surface area (TPSA) is 64.3 Å². The van der Waals surface area contributed by atoms with E-state index in [1.807, 2.05) is 6.92 Å². The molecule has 0 bridgehead atoms. The number of halogens is 1. The highest BCUT2D eigenvalue weighted by Gasteiger charge is 2.31. The molecular formula is C15H21FN2O2. The second kappa shape index (κ2) is 6.22. The second-order valence-electron chi connectivity index (χ2n) is 5.37. The van der Waals surface area contributed by atoms with Gasteiger partial charge in [-0.2, -0.15) is 0 Å². The summed E-state index contributed by atoms with van der Waals surface area (Å²) >= 11 is 0. The molecule has 5 heteroatoms. The zero-order valence-electron chi connectivity index (χ0n) is 11.7. The number of nitrogens with two attached hydrogens (primary N) is 1. The molecular weight excluding hydrogens is 259 g/mol. The van der Waals surface area contributed by atoms with E-state index in [0.29, 0.717) is 18.0 Å². The van der Waals surface area contributed by atoms with Gasteiger partial charge >= 0.3 is 0 Å². The van der Waals surface area contributed by atoms with Crippen LogP contribution in [0.15, 0.2) is 18.2 Å². The van der Waals surface area contributed by atoms with Crippen LogP contribution in [0.3, 0.4) is 0 Å². The Balaban J connectivity index is 2.03. The molecule has 0 radical (unpaired) electrons. The minimum Gasteiger partial charge on any atom is -0.492 e. The van der Waals surface area contributed by atoms with Gasteiger partial charge in [-0.3, -0.25) is 4.79 Å². The number of benzene rings is 1. The lowest BCUT2D eigenvalue weighted by Gasteiger charge is -2.22. The van der Waals surface area contributed by atoms with Crippen molar-refractivity contribution < 1.29 is 13.9 Å². The molecule has 0 aromatic heterocycles. The van der Waals surface area contributed by atoms with E-state index in [1.165, 1.54) is 18.2 Å². The highest BCUT2D eigenvalue weighted by Crippen LogP contribution is 2.31. The van der Waals surface area contributed by atoms with Crippen LogP contribution in [-0.2, 0) is 4.79 Å². The van der Waals surface area contributed by atoms with E-state index < -0.39 is 11.4 Å². The van der Waals surface area contributed by atoms with Gasteiger partial charge < -0.3 is 15.8 Å². The van der Waals surface area contributed by atoms with Crippen molar-refractivity contribution >= 4 is 11.6 Å². The molecule has 110 valence electrons. The standard InChI is InChI=1S/C15H21FN2O2/c1-2-20-13-9-11(16)5-6-12(13)18-14(19)10-15(17)7-3-4-8-15/h5-6,9H,2-4,7-8,10,17H2,1H3,(H,18,19). The van der Waals surface area contributed by atoms with Crippen LogP contribution in [0.2, 0.25) is 0 Å². The Morgan fingerprint density at radius 2 is 2.15 bits per heavy atom. The lowest BCUT2D eigenvalue weighted by molar-refractivity contribution is -0.117. The maximum Gasteiger partial charge on any atom is 0.226 e. The quantitative estimate of drug-likeness (QED) is 0.871. The first-order valence-corrected chi connectivity index (χ1v) is 7.03. The van der Waals surface area contributed by atoms with Crippen molar-refractivity contribution in [2.75, 3.05) is 11.9 Å². The molecule has 1 aliphatic rings. The van der Waals surface area contributed by atoms with E-state index in [1.54, 1.807) is 0 Å². The van der Waals surface area contributed by atoms with Gasteiger partial charge in [-0.15, -0.1) is 0 Å². The Morgan fingerprint density at radius 3 is 2.80 bits per heavy atom. The number of hydrogen-bond donors (Lipinski definition) is 2. The molecule has 2 rings (SSSR count). The van der Waals surface area contributed by atoms with E-state index in [4.69, 9.17) is 10.5 Å². The molecule has 0 saturated heterocycles. The average molecular weight is 280 g/mol. The molecule has 3 N–H and O–H groups in total. The average Bonchev–Trinajstić information content (AvgIpc) is 2.79. The third kappa shape index (κ3) is 3.70. The van der Waals surface area contributed by atoms with Crippen molar-refractivity contribution in [2.45, 2.75) is 44.6 Å². The number of anilines is 1. The van der Waals surface area contributed by atoms with Crippen LogP contribution in [0.5, 0.6) is 5.75 Å². The molecule has 20 heavy (non-hydrogen) atoms. The number of amides is 1. The van der Waals surface area contributed by atoms with Crippen LogP contribution >= 0.6 is 0 Å². The number of rotatable bonds is 5. The fraction of sp³-hybridized carbons (Fsp3) is 0.533. The van der Waals surface area contributed by atoms with E-state index in [0.717, 1.165) is 25.7 Å². The second-order valence-corrected chi connectivity index (χ2v) is 5.37. The first-order valence-electron chi connectivity index (χ1n) is 7.03. The Bertz CT molecular complexity index is 485. The summed E-state index contributed by atoms with van der Waals surface area (Å²) in [7, 11) is 0. The van der Waals surface area contributed by atoms with Crippen LogP contribution in [0.4, 0.5) is 10.1 Å². The molecule has 1 aromatic rings. The van der Waals surface area contributed by atoms with Gasteiger partial charge in [0.25, 0.3) is 0 Å². The number of carbonyl (C=O) groups is 1. The van der Waals surface area contributed by atoms with Crippen LogP contribution in [0.1, 0.15) is 39.0 Å². The maximum atomic E-state index is 13.2. The summed E-state index contributed by atoms with van der Waals surface area (Å²) in [5.74, 6) is -0.196. The van der Waals surface area contributed by atoms with Gasteiger partial charge in [0.05, 0.1) is 12.3 Å². The van der Waals surface area contributed by atoms with Crippen LogP contribution in [0.25, 0.3) is 0 Å². The molecule has 1 aliphatic carbocycles. The Labute approximate surface area is 118 Å². The highest BCUT2D eigenvalue weighted by atomic mass is 19.1. The lowest BCUT2D eigenvalue weighted by atomic mass is 9.94. The summed E-state index contributed by atoms with van der Waals surface area (Å²) in [5, 5.41) is 2.76. The number of carbonyl (C=O) groups excluding carboxylic acids is 1. The maximum absolute atomic E-state index is 13.2. The van der Waals surface area contributed by atoms with Gasteiger partial charge in [-0.1, -0.05) is 12.8 Å². The van der Waals surface area contributed by atoms with E-state index >= 15 is 0 Å². The van der Waals surface area contributed by atoms with Gasteiger partial charge in [-0.05, 0) is 31.9 Å². The fourth-order valence-corrected chi connectivity index (χ4v) is 2.64. The van der Waals surface area contributed by atoms with Crippen LogP contribution in [0, 0.1) is 5.82 Å². The van der Waals surface area contributed by atoms with Crippen molar-refractivity contribution in [2.24, 2.45) is 5.73 Å². The predicted octanol–water partition coefficient (Wildman–Crippen LogP) is 2.82. The molecule has 0 spiro atoms. The molecule has 0 aliphatic heterocycles. The van der Waals surface area contributed by atoms with Crippen molar-refractivity contribution in [1.82, 2.24) is 0 Å². The minimum atomic E-state index is -0.393. The van der Waals surface area contributed by atoms with Crippen molar-refractivity contribution in [3.63, 3.8) is 0 Å². The SMILES string of the molecule is CCOc1cc(F)ccc1NC(=O)CC1(N)CCCC1. The largest absolute Gasteiger partial charge is 0.492 e. The van der Waals surface area contributed by atoms with Gasteiger partial charge in [0, 0.05) is 18.0 Å². The van der Waals surface area contributed by atoms with Crippen LogP contribution < -0.4 is 15.8 Å². The number of nitrogens with one attached hydrogen (secondary N) is 1. The van der Waals surface area contributed by atoms with Gasteiger partial charge in [0.15, 0.2) is 0 Å². The lowest BCUT2D eigenvalue weighted by Crippen LogP contribution is -2.40. The Kier molecular flexibility index (Phi) is 4.60. The molecule has 1 saturated carbocycles. The zero-order chi connectivity index (χ0) is 14.6. The van der Waals surface area contributed by atoms with E-state index in [-0.39, 0.29) is 12.3 Å². The van der Waals surface area contributed by atoms with E-state index in [2.05, 4.69) is 5.32 Å². The third-order valence-electron chi connectivity index (χ3n) is 3.63. The minimum absolute atomic E-state index is 0.151. The summed E-state index contributed by atoms with van der Waals surface area (Å²) in [6, 6.07) is 4.08. The molecule has 0 heterocycles. The molecule has 0 atom stereocenters. The highest BCUT2D eigenvalue weighted by molar-refractivity contribution is 5.93. The molecule has 4 nitrogen and oxygen atoms in total. The number of ether oxygens (including phenoxy) is 1. The van der Waals surface area contributed by atoms with Crippen molar-refractivity contribution in [3.8, 4) is 5.75 Å². The van der Waals surface area contributed by atoms with Crippen LogP contribution in [-0.4, -0.2) is 18.1 Å². The normalized spacial score (nSPS) is 16.9. The summed E-state index contributed by atoms with van der Waals surface area (Å²) in [6.07, 6.45) is 4.19. The number of hydrogen-bond acceptors (Lipinski definition) is 3. The monoisotopic (exact) mass is 280 g/mol. The first-order chi connectivity index (χ1) is 9.52. The molecule has 1 amide bonds. The zero-order valence-corrected chi connectivity index (χ0v) is 11.7. The first kappa shape index (κ1) is 14.8. The van der Waals surface area contributed by atoms with Gasteiger partial charge in [-0.25, -0.2) is 4.39 Å². The Morgan fingerprint density at radius 1 is 1.45 bits per heavy atom. The fourth-order valence-electron chi connectivity index (χ4n) is 2.64. The molecule has 0 unspecified atom stereocenters. The van der Waals surface area contributed by atoms with Crippen molar-refractivity contribution in [3.05, 3.63) is 24.0 Å². The summed E-state index contributed by atoms with van der Waals surface area (Å²) in [6.45, 7) is 2.22. The van der Waals surface area contributed by atoms with Gasteiger partial charge in [0.2, 0.25) is 5.91 Å². The van der Waals surface area contributed by atoms with Crippen molar-refractivity contribution in [1.29, 1.82) is 0 Å². The summed E-state index contributed by atoms with van der Waals surface area (Å²) in [5.41, 5.74) is 6.28. The summed E-state index contributed by atoms with van der Waals surface area (Å²) in [4.78, 5) is 12.1. The smallest absolute Gasteiger partial charge is 0.226 e.